The fourth-order valence-corrected chi connectivity index (χ4v) is 7.20. The summed E-state index contributed by atoms with van der Waals surface area (Å²) in [6, 6.07) is 15.3. The van der Waals surface area contributed by atoms with E-state index in [1.165, 1.54) is 15.6 Å². The first-order chi connectivity index (χ1) is 14.5. The zero-order chi connectivity index (χ0) is 20.7. The van der Waals surface area contributed by atoms with E-state index in [1.807, 2.05) is 36.4 Å². The molecular formula is C21H17BrN4O2S2. The molecule has 0 saturated heterocycles. The van der Waals surface area contributed by atoms with Gasteiger partial charge in [0.05, 0.1) is 21.2 Å². The van der Waals surface area contributed by atoms with Crippen molar-refractivity contribution in [2.24, 2.45) is 0 Å². The molecule has 0 bridgehead atoms. The van der Waals surface area contributed by atoms with Crippen molar-refractivity contribution in [1.29, 1.82) is 0 Å². The molecule has 0 radical (unpaired) electrons. The normalized spacial score (nSPS) is 14.6. The van der Waals surface area contributed by atoms with Gasteiger partial charge in [-0.15, -0.1) is 11.3 Å². The Labute approximate surface area is 186 Å². The molecule has 5 rings (SSSR count). The highest BCUT2D eigenvalue weighted by Crippen LogP contribution is 2.33. The van der Waals surface area contributed by atoms with Gasteiger partial charge in [0.1, 0.15) is 10.0 Å². The highest BCUT2D eigenvalue weighted by atomic mass is 79.9. The van der Waals surface area contributed by atoms with Gasteiger partial charge in [-0.25, -0.2) is 13.4 Å². The van der Waals surface area contributed by atoms with Crippen LogP contribution in [0.3, 0.4) is 0 Å². The van der Waals surface area contributed by atoms with Gasteiger partial charge >= 0.3 is 0 Å². The first-order valence-corrected chi connectivity index (χ1v) is 12.4. The molecule has 30 heavy (non-hydrogen) atoms. The lowest BCUT2D eigenvalue weighted by Gasteiger charge is -2.28. The van der Waals surface area contributed by atoms with E-state index in [2.05, 4.69) is 31.2 Å². The number of thiophene rings is 1. The summed E-state index contributed by atoms with van der Waals surface area (Å²) in [5, 5.41) is 4.41. The van der Waals surface area contributed by atoms with Crippen LogP contribution >= 0.6 is 27.3 Å². The van der Waals surface area contributed by atoms with E-state index >= 15 is 0 Å². The summed E-state index contributed by atoms with van der Waals surface area (Å²) in [7, 11) is -3.51. The summed E-state index contributed by atoms with van der Waals surface area (Å²) in [5.74, 6) is 0.750. The number of nitrogens with one attached hydrogen (secondary N) is 1. The number of pyridine rings is 2. The van der Waals surface area contributed by atoms with Gasteiger partial charge in [-0.1, -0.05) is 18.2 Å². The second-order valence-electron chi connectivity index (χ2n) is 6.99. The molecule has 3 aromatic heterocycles. The molecule has 1 N–H and O–H groups in total. The Morgan fingerprint density at radius 2 is 1.97 bits per heavy atom. The molecule has 0 atom stereocenters. The third-order valence-electron chi connectivity index (χ3n) is 5.11. The largest absolute Gasteiger partial charge is 0.339 e. The lowest BCUT2D eigenvalue weighted by atomic mass is 10.0. The number of aromatic nitrogens is 2. The van der Waals surface area contributed by atoms with Crippen molar-refractivity contribution in [3.63, 3.8) is 0 Å². The SMILES string of the molecule is O=S(=O)(c1ccc(Br)s1)N1CCc2c(ccnc2Nc2cnc3ccccc3c2)C1. The average Bonchev–Trinajstić information content (AvgIpc) is 3.21. The monoisotopic (exact) mass is 500 g/mol. The van der Waals surface area contributed by atoms with Crippen molar-refractivity contribution >= 4 is 59.7 Å². The Morgan fingerprint density at radius 3 is 2.80 bits per heavy atom. The minimum atomic E-state index is -3.51. The Kier molecular flexibility index (Phi) is 5.06. The van der Waals surface area contributed by atoms with Crippen LogP contribution in [0.15, 0.2) is 68.9 Å². The summed E-state index contributed by atoms with van der Waals surface area (Å²) < 4.78 is 28.7. The van der Waals surface area contributed by atoms with Crippen LogP contribution in [0.5, 0.6) is 0 Å². The highest BCUT2D eigenvalue weighted by molar-refractivity contribution is 9.11. The number of hydrogen-bond donors (Lipinski definition) is 1. The Hall–Kier alpha value is -2.33. The van der Waals surface area contributed by atoms with Crippen molar-refractivity contribution in [2.45, 2.75) is 17.2 Å². The zero-order valence-electron chi connectivity index (χ0n) is 15.7. The summed E-state index contributed by atoms with van der Waals surface area (Å²) in [4.78, 5) is 8.99. The Bertz CT molecular complexity index is 1350. The Balaban J connectivity index is 1.42. The standard InChI is InChI=1S/C21H17BrN4O2S2/c22-19-5-6-20(29-19)30(27,28)26-10-8-17-15(13-26)7-9-23-21(17)25-16-11-14-3-1-2-4-18(14)24-12-16/h1-7,9,11-12H,8,10,13H2,(H,23,25). The first kappa shape index (κ1) is 19.6. The molecule has 1 aromatic carbocycles. The number of halogens is 1. The van der Waals surface area contributed by atoms with E-state index in [-0.39, 0.29) is 0 Å². The summed E-state index contributed by atoms with van der Waals surface area (Å²) in [6.07, 6.45) is 4.10. The number of fused-ring (bicyclic) bond motifs is 2. The van der Waals surface area contributed by atoms with Gasteiger partial charge in [-0.3, -0.25) is 4.98 Å². The van der Waals surface area contributed by atoms with E-state index in [9.17, 15) is 8.42 Å². The van der Waals surface area contributed by atoms with Crippen LogP contribution in [0.1, 0.15) is 11.1 Å². The molecule has 4 aromatic rings. The van der Waals surface area contributed by atoms with Crippen LogP contribution in [-0.2, 0) is 23.0 Å². The molecule has 0 unspecified atom stereocenters. The maximum absolute atomic E-state index is 13.0. The second kappa shape index (κ2) is 7.73. The topological polar surface area (TPSA) is 75.2 Å². The van der Waals surface area contributed by atoms with E-state index < -0.39 is 10.0 Å². The van der Waals surface area contributed by atoms with Crippen LogP contribution in [-0.4, -0.2) is 29.2 Å². The number of anilines is 2. The van der Waals surface area contributed by atoms with Crippen LogP contribution in [0.2, 0.25) is 0 Å². The molecule has 0 saturated carbocycles. The number of nitrogens with zero attached hydrogens (tertiary/aromatic N) is 3. The summed E-state index contributed by atoms with van der Waals surface area (Å²) in [5.41, 5.74) is 3.80. The van der Waals surface area contributed by atoms with Crippen LogP contribution in [0.4, 0.5) is 11.5 Å². The highest BCUT2D eigenvalue weighted by Gasteiger charge is 2.30. The van der Waals surface area contributed by atoms with E-state index in [1.54, 1.807) is 24.5 Å². The van der Waals surface area contributed by atoms with Gasteiger partial charge < -0.3 is 5.32 Å². The third kappa shape index (κ3) is 3.62. The molecule has 0 fully saturated rings. The number of benzene rings is 1. The smallest absolute Gasteiger partial charge is 0.252 e. The quantitative estimate of drug-likeness (QED) is 0.429. The van der Waals surface area contributed by atoms with Gasteiger partial charge in [-0.05, 0) is 58.2 Å². The van der Waals surface area contributed by atoms with Crippen molar-refractivity contribution in [1.82, 2.24) is 14.3 Å². The third-order valence-corrected chi connectivity index (χ3v) is 9.04. The number of sulfonamides is 1. The second-order valence-corrected chi connectivity index (χ2v) is 11.6. The zero-order valence-corrected chi connectivity index (χ0v) is 19.0. The molecule has 0 amide bonds. The lowest BCUT2D eigenvalue weighted by Crippen LogP contribution is -2.36. The van der Waals surface area contributed by atoms with Crippen LogP contribution < -0.4 is 5.32 Å². The maximum Gasteiger partial charge on any atom is 0.252 e. The number of para-hydroxylation sites is 1. The molecule has 0 aliphatic carbocycles. The van der Waals surface area contributed by atoms with Crippen molar-refractivity contribution in [2.75, 3.05) is 11.9 Å². The first-order valence-electron chi connectivity index (χ1n) is 9.35. The molecule has 1 aliphatic heterocycles. The van der Waals surface area contributed by atoms with Crippen molar-refractivity contribution in [3.05, 3.63) is 75.8 Å². The minimum Gasteiger partial charge on any atom is -0.339 e. The average molecular weight is 501 g/mol. The van der Waals surface area contributed by atoms with E-state index in [4.69, 9.17) is 0 Å². The number of hydrogen-bond acceptors (Lipinski definition) is 6. The van der Waals surface area contributed by atoms with Crippen molar-refractivity contribution < 1.29 is 8.42 Å². The maximum atomic E-state index is 13.0. The van der Waals surface area contributed by atoms with Gasteiger partial charge in [-0.2, -0.15) is 4.31 Å². The molecule has 6 nitrogen and oxygen atoms in total. The van der Waals surface area contributed by atoms with Gasteiger partial charge in [0.15, 0.2) is 0 Å². The number of rotatable bonds is 4. The van der Waals surface area contributed by atoms with Crippen molar-refractivity contribution in [3.8, 4) is 0 Å². The van der Waals surface area contributed by atoms with E-state index in [0.29, 0.717) is 23.7 Å². The molecule has 9 heteroatoms. The van der Waals surface area contributed by atoms with Gasteiger partial charge in [0, 0.05) is 30.2 Å². The minimum absolute atomic E-state index is 0.334. The molecular weight excluding hydrogens is 484 g/mol. The predicted octanol–water partition coefficient (Wildman–Crippen LogP) is 4.94. The molecule has 4 heterocycles. The lowest BCUT2D eigenvalue weighted by molar-refractivity contribution is 0.392. The van der Waals surface area contributed by atoms with Crippen LogP contribution in [0, 0.1) is 0 Å². The molecule has 1 aliphatic rings. The molecule has 152 valence electrons. The van der Waals surface area contributed by atoms with Gasteiger partial charge in [0.2, 0.25) is 0 Å². The fourth-order valence-electron chi connectivity index (χ4n) is 3.62. The van der Waals surface area contributed by atoms with E-state index in [0.717, 1.165) is 37.3 Å². The Morgan fingerprint density at radius 1 is 1.10 bits per heavy atom. The summed E-state index contributed by atoms with van der Waals surface area (Å²) in [6.45, 7) is 0.752. The predicted molar refractivity (Wildman–Crippen MR) is 123 cm³/mol. The van der Waals surface area contributed by atoms with Crippen LogP contribution in [0.25, 0.3) is 10.9 Å². The van der Waals surface area contributed by atoms with Gasteiger partial charge in [0.25, 0.3) is 10.0 Å². The fraction of sp³-hybridized carbons (Fsp3) is 0.143. The molecule has 0 spiro atoms. The summed E-state index contributed by atoms with van der Waals surface area (Å²) >= 11 is 4.58.